The second-order valence-electron chi connectivity index (χ2n) is 6.14. The fraction of sp³-hybridized carbons (Fsp3) is 0.389. The van der Waals surface area contributed by atoms with Crippen molar-refractivity contribution in [2.24, 2.45) is 0 Å². The highest BCUT2D eigenvalue weighted by molar-refractivity contribution is 7.91. The zero-order valence-electron chi connectivity index (χ0n) is 13.6. The van der Waals surface area contributed by atoms with Crippen LogP contribution in [0.5, 0.6) is 0 Å². The van der Waals surface area contributed by atoms with E-state index >= 15 is 0 Å². The molecule has 3 rings (SSSR count). The van der Waals surface area contributed by atoms with Gasteiger partial charge in [-0.3, -0.25) is 4.79 Å². The fourth-order valence-corrected chi connectivity index (χ4v) is 4.74. The van der Waals surface area contributed by atoms with E-state index in [0.717, 1.165) is 12.0 Å². The summed E-state index contributed by atoms with van der Waals surface area (Å²) in [7, 11) is -3.07. The van der Waals surface area contributed by atoms with E-state index in [1.807, 2.05) is 24.3 Å². The molecule has 0 aliphatic carbocycles. The highest BCUT2D eigenvalue weighted by Crippen LogP contribution is 2.22. The maximum absolute atomic E-state index is 12.8. The summed E-state index contributed by atoms with van der Waals surface area (Å²) in [6.07, 6.45) is 2.88. The molecule has 0 spiro atoms. The number of carbonyl (C=O) groups is 1. The van der Waals surface area contributed by atoms with Crippen molar-refractivity contribution >= 4 is 15.7 Å². The van der Waals surface area contributed by atoms with Gasteiger partial charge in [-0.2, -0.15) is 0 Å². The molecule has 1 aliphatic rings. The standard InChI is InChI=1S/C18H21NO4S/c1-2-14-5-7-15(8-6-14)12-19(16-9-11-24(21,22)13-16)18(20)17-4-3-10-23-17/h3-8,10,16H,2,9,11-13H2,1H3/t16-/m1/s1. The first-order chi connectivity index (χ1) is 11.5. The molecule has 1 atom stereocenters. The Morgan fingerprint density at radius 2 is 1.92 bits per heavy atom. The van der Waals surface area contributed by atoms with E-state index in [4.69, 9.17) is 4.42 Å². The first-order valence-corrected chi connectivity index (χ1v) is 9.93. The Morgan fingerprint density at radius 3 is 2.46 bits per heavy atom. The summed E-state index contributed by atoms with van der Waals surface area (Å²) in [5.74, 6) is 0.132. The van der Waals surface area contributed by atoms with E-state index in [9.17, 15) is 13.2 Å². The Balaban J connectivity index is 1.85. The molecule has 1 aromatic heterocycles. The molecule has 5 nitrogen and oxygen atoms in total. The van der Waals surface area contributed by atoms with Crippen LogP contribution in [0.1, 0.15) is 35.0 Å². The Kier molecular flexibility index (Phi) is 4.76. The van der Waals surface area contributed by atoms with Gasteiger partial charge >= 0.3 is 0 Å². The van der Waals surface area contributed by atoms with Gasteiger partial charge in [0.15, 0.2) is 15.6 Å². The molecule has 128 valence electrons. The summed E-state index contributed by atoms with van der Waals surface area (Å²) in [5, 5.41) is 0. The van der Waals surface area contributed by atoms with E-state index in [1.165, 1.54) is 11.8 Å². The van der Waals surface area contributed by atoms with Crippen LogP contribution in [0.2, 0.25) is 0 Å². The number of sulfone groups is 1. The lowest BCUT2D eigenvalue weighted by Crippen LogP contribution is -2.40. The number of rotatable bonds is 5. The van der Waals surface area contributed by atoms with Crippen LogP contribution in [0.25, 0.3) is 0 Å². The largest absolute Gasteiger partial charge is 0.459 e. The smallest absolute Gasteiger partial charge is 0.290 e. The van der Waals surface area contributed by atoms with Gasteiger partial charge in [-0.05, 0) is 36.1 Å². The van der Waals surface area contributed by atoms with Crippen LogP contribution in [0, 0.1) is 0 Å². The molecule has 1 fully saturated rings. The molecule has 0 radical (unpaired) electrons. The minimum absolute atomic E-state index is 0.0203. The van der Waals surface area contributed by atoms with Crippen molar-refractivity contribution in [3.63, 3.8) is 0 Å². The van der Waals surface area contributed by atoms with E-state index < -0.39 is 9.84 Å². The van der Waals surface area contributed by atoms with Gasteiger partial charge in [-0.25, -0.2) is 8.42 Å². The van der Waals surface area contributed by atoms with Crippen LogP contribution in [0.3, 0.4) is 0 Å². The molecule has 24 heavy (non-hydrogen) atoms. The minimum Gasteiger partial charge on any atom is -0.459 e. The third-order valence-electron chi connectivity index (χ3n) is 4.43. The van der Waals surface area contributed by atoms with Gasteiger partial charge in [0.1, 0.15) is 0 Å². The molecule has 6 heteroatoms. The molecule has 0 bridgehead atoms. The minimum atomic E-state index is -3.07. The van der Waals surface area contributed by atoms with Gasteiger partial charge in [0, 0.05) is 12.6 Å². The molecular formula is C18H21NO4S. The quantitative estimate of drug-likeness (QED) is 0.834. The number of furan rings is 1. The van der Waals surface area contributed by atoms with E-state index in [0.29, 0.717) is 13.0 Å². The van der Waals surface area contributed by atoms with E-state index in [1.54, 1.807) is 17.0 Å². The van der Waals surface area contributed by atoms with Crippen molar-refractivity contribution in [2.45, 2.75) is 32.4 Å². The molecule has 1 saturated heterocycles. The van der Waals surface area contributed by atoms with Crippen molar-refractivity contribution in [1.29, 1.82) is 0 Å². The van der Waals surface area contributed by atoms with Crippen molar-refractivity contribution in [1.82, 2.24) is 4.90 Å². The summed E-state index contributed by atoms with van der Waals surface area (Å²) >= 11 is 0. The highest BCUT2D eigenvalue weighted by Gasteiger charge is 2.35. The Bertz CT molecular complexity index is 794. The van der Waals surface area contributed by atoms with Gasteiger partial charge in [0.2, 0.25) is 0 Å². The van der Waals surface area contributed by atoms with Crippen LogP contribution < -0.4 is 0 Å². The van der Waals surface area contributed by atoms with Crippen LogP contribution in [0.15, 0.2) is 47.1 Å². The number of benzene rings is 1. The second kappa shape index (κ2) is 6.81. The van der Waals surface area contributed by atoms with Crippen molar-refractivity contribution in [3.05, 3.63) is 59.5 Å². The van der Waals surface area contributed by atoms with Crippen molar-refractivity contribution in [2.75, 3.05) is 11.5 Å². The van der Waals surface area contributed by atoms with Gasteiger partial charge < -0.3 is 9.32 Å². The topological polar surface area (TPSA) is 67.6 Å². The van der Waals surface area contributed by atoms with Gasteiger partial charge in [0.05, 0.1) is 17.8 Å². The molecule has 2 heterocycles. The van der Waals surface area contributed by atoms with Crippen molar-refractivity contribution < 1.29 is 17.6 Å². The Morgan fingerprint density at radius 1 is 1.21 bits per heavy atom. The zero-order valence-corrected chi connectivity index (χ0v) is 14.5. The summed E-state index contributed by atoms with van der Waals surface area (Å²) in [5.41, 5.74) is 2.21. The number of nitrogens with zero attached hydrogens (tertiary/aromatic N) is 1. The summed E-state index contributed by atoms with van der Waals surface area (Å²) in [6, 6.07) is 11.0. The number of carbonyl (C=O) groups excluding carboxylic acids is 1. The van der Waals surface area contributed by atoms with Gasteiger partial charge in [-0.1, -0.05) is 31.2 Å². The third kappa shape index (κ3) is 3.70. The second-order valence-corrected chi connectivity index (χ2v) is 8.37. The average Bonchev–Trinajstić information content (AvgIpc) is 3.22. The van der Waals surface area contributed by atoms with Crippen LogP contribution in [0.4, 0.5) is 0 Å². The Hall–Kier alpha value is -2.08. The van der Waals surface area contributed by atoms with Gasteiger partial charge in [-0.15, -0.1) is 0 Å². The molecule has 1 aliphatic heterocycles. The van der Waals surface area contributed by atoms with Crippen molar-refractivity contribution in [3.8, 4) is 0 Å². The predicted octanol–water partition coefficient (Wildman–Crippen LogP) is 2.67. The van der Waals surface area contributed by atoms with Gasteiger partial charge in [0.25, 0.3) is 5.91 Å². The fourth-order valence-electron chi connectivity index (χ4n) is 3.01. The maximum atomic E-state index is 12.8. The molecule has 2 aromatic rings. The highest BCUT2D eigenvalue weighted by atomic mass is 32.2. The lowest BCUT2D eigenvalue weighted by molar-refractivity contribution is 0.0648. The molecule has 0 saturated carbocycles. The maximum Gasteiger partial charge on any atom is 0.290 e. The lowest BCUT2D eigenvalue weighted by atomic mass is 10.1. The first-order valence-electron chi connectivity index (χ1n) is 8.11. The average molecular weight is 347 g/mol. The molecule has 1 aromatic carbocycles. The van der Waals surface area contributed by atoms with E-state index in [-0.39, 0.29) is 29.2 Å². The Labute approximate surface area is 142 Å². The molecular weight excluding hydrogens is 326 g/mol. The summed E-state index contributed by atoms with van der Waals surface area (Å²) in [6.45, 7) is 2.47. The number of aryl methyl sites for hydroxylation is 1. The van der Waals surface area contributed by atoms with Crippen LogP contribution in [-0.2, 0) is 22.8 Å². The zero-order chi connectivity index (χ0) is 17.2. The molecule has 1 amide bonds. The number of amides is 1. The summed E-state index contributed by atoms with van der Waals surface area (Å²) in [4.78, 5) is 14.4. The SMILES string of the molecule is CCc1ccc(CN(C(=O)c2ccco2)[C@@H]2CCS(=O)(=O)C2)cc1. The summed E-state index contributed by atoms with van der Waals surface area (Å²) < 4.78 is 28.9. The molecule has 0 N–H and O–H groups in total. The monoisotopic (exact) mass is 347 g/mol. The van der Waals surface area contributed by atoms with E-state index in [2.05, 4.69) is 6.92 Å². The van der Waals surface area contributed by atoms with Crippen LogP contribution in [-0.4, -0.2) is 36.8 Å². The molecule has 0 unspecified atom stereocenters. The number of hydrogen-bond donors (Lipinski definition) is 0. The predicted molar refractivity (Wildman–Crippen MR) is 91.5 cm³/mol. The first kappa shape index (κ1) is 16.8. The number of hydrogen-bond acceptors (Lipinski definition) is 4. The third-order valence-corrected chi connectivity index (χ3v) is 6.18. The lowest BCUT2D eigenvalue weighted by Gasteiger charge is -2.27. The normalized spacial score (nSPS) is 19.3. The van der Waals surface area contributed by atoms with Crippen LogP contribution >= 0.6 is 0 Å².